The number of hydrogen-bond acceptors (Lipinski definition) is 8. The first-order valence-corrected chi connectivity index (χ1v) is 27.0. The molecule has 4 aliphatic carbocycles. The molecule has 50 heavy (non-hydrogen) atoms. The Morgan fingerprint density at radius 2 is 0.960 bits per heavy atom. The van der Waals surface area contributed by atoms with Crippen LogP contribution in [0.1, 0.15) is 157 Å². The van der Waals surface area contributed by atoms with Crippen LogP contribution in [0.3, 0.4) is 0 Å². The summed E-state index contributed by atoms with van der Waals surface area (Å²) in [5.41, 5.74) is 5.22. The van der Waals surface area contributed by atoms with Crippen molar-refractivity contribution in [2.24, 2.45) is 35.5 Å². The molecular weight excluding hydrogens is 761 g/mol. The average Bonchev–Trinajstić information content (AvgIpc) is 3.93. The minimum Gasteiger partial charge on any atom is -0.154 e. The lowest BCUT2D eigenvalue weighted by Crippen LogP contribution is -2.18. The molecule has 0 aromatic carbocycles. The second-order valence-corrected chi connectivity index (χ2v) is 28.7. The molecular formula is C42H50S8. The van der Waals surface area contributed by atoms with E-state index in [0.717, 1.165) is 101 Å². The summed E-state index contributed by atoms with van der Waals surface area (Å²) < 4.78 is 0. The summed E-state index contributed by atoms with van der Waals surface area (Å²) in [5, 5.41) is 8.22. The highest BCUT2D eigenvalue weighted by molar-refractivity contribution is 8.05. The van der Waals surface area contributed by atoms with Crippen LogP contribution in [-0.2, 0) is 0 Å². The molecule has 0 bridgehead atoms. The Morgan fingerprint density at radius 1 is 0.480 bits per heavy atom. The van der Waals surface area contributed by atoms with Gasteiger partial charge in [-0.25, -0.2) is 0 Å². The molecule has 0 nitrogen and oxygen atoms in total. The summed E-state index contributed by atoms with van der Waals surface area (Å²) >= 11 is 18.6. The first-order valence-electron chi connectivity index (χ1n) is 19.8. The maximum absolute atomic E-state index is 2.74. The van der Waals surface area contributed by atoms with Crippen LogP contribution in [0.15, 0.2) is 18.2 Å². The summed E-state index contributed by atoms with van der Waals surface area (Å²) in [6, 6.07) is 7.99. The van der Waals surface area contributed by atoms with E-state index in [1.54, 1.807) is 41.1 Å². The summed E-state index contributed by atoms with van der Waals surface area (Å²) in [6.45, 7) is 15.1. The summed E-state index contributed by atoms with van der Waals surface area (Å²) in [6.07, 6.45) is 7.23. The van der Waals surface area contributed by atoms with E-state index in [-0.39, 0.29) is 0 Å². The number of thiophene rings is 3. The minimum absolute atomic E-state index is 0.712. The fourth-order valence-electron chi connectivity index (χ4n) is 13.0. The van der Waals surface area contributed by atoms with Crippen LogP contribution in [0, 0.1) is 42.4 Å². The van der Waals surface area contributed by atoms with Crippen molar-refractivity contribution >= 4 is 92.8 Å². The van der Waals surface area contributed by atoms with Crippen LogP contribution in [0.25, 0.3) is 0 Å². The third-order valence-electron chi connectivity index (χ3n) is 15.7. The molecule has 0 spiro atoms. The van der Waals surface area contributed by atoms with Gasteiger partial charge in [-0.15, -0.1) is 81.1 Å². The van der Waals surface area contributed by atoms with Gasteiger partial charge in [0.05, 0.1) is 0 Å². The molecule has 5 saturated heterocycles. The minimum atomic E-state index is 0.712. The van der Waals surface area contributed by atoms with E-state index in [2.05, 4.69) is 153 Å². The van der Waals surface area contributed by atoms with Gasteiger partial charge in [-0.05, 0) is 127 Å². The Kier molecular flexibility index (Phi) is 7.73. The molecule has 0 radical (unpaired) electrons. The number of thioether (sulfide) groups is 5. The molecule has 12 rings (SSSR count). The lowest BCUT2D eigenvalue weighted by Gasteiger charge is -2.21. The number of fused-ring (bicyclic) bond motifs is 12. The standard InChI is InChI=1S/C42H50S8/c1-15-7-21-17(3)23-9-29(45-37(23)35(21)43-15)31-11-25-19(5)27-13-33(49-41(27)39(25)47-31)34-14-28-20(6)26-12-32(48-40(26)42(28)50-34)30-10-24-18(4)22-8-16(2)44-36(22)38(24)46-30/h7,12-13,16-20,22-25,28-31,34,36-39,42H,8-11,14H2,1-6H3. The summed E-state index contributed by atoms with van der Waals surface area (Å²) in [4.78, 5) is 10.4. The van der Waals surface area contributed by atoms with Crippen molar-refractivity contribution in [2.45, 2.75) is 144 Å². The van der Waals surface area contributed by atoms with Crippen LogP contribution < -0.4 is 0 Å². The monoisotopic (exact) mass is 810 g/mol. The normalized spacial score (nSPS) is 50.4. The van der Waals surface area contributed by atoms with Gasteiger partial charge in [-0.3, -0.25) is 0 Å². The Morgan fingerprint density at radius 3 is 1.60 bits per heavy atom. The van der Waals surface area contributed by atoms with Crippen molar-refractivity contribution in [3.63, 3.8) is 0 Å². The van der Waals surface area contributed by atoms with Crippen LogP contribution >= 0.6 is 92.8 Å². The zero-order valence-corrected chi connectivity index (χ0v) is 36.5. The lowest BCUT2D eigenvalue weighted by atomic mass is 9.86. The molecule has 1 saturated carbocycles. The largest absolute Gasteiger partial charge is 0.154 e. The van der Waals surface area contributed by atoms with Gasteiger partial charge in [-0.2, -0.15) is 11.8 Å². The molecule has 8 heteroatoms. The molecule has 3 aromatic rings. The number of aryl methyl sites for hydroxylation is 1. The molecule has 19 atom stereocenters. The molecule has 8 heterocycles. The number of rotatable bonds is 3. The topological polar surface area (TPSA) is 0 Å². The molecule has 0 N–H and O–H groups in total. The second-order valence-electron chi connectivity index (χ2n) is 18.1. The van der Waals surface area contributed by atoms with Crippen molar-refractivity contribution in [3.8, 4) is 0 Å². The first-order chi connectivity index (χ1) is 24.2. The highest BCUT2D eigenvalue weighted by atomic mass is 32.2. The zero-order chi connectivity index (χ0) is 33.5. The molecule has 6 fully saturated rings. The summed E-state index contributed by atoms with van der Waals surface area (Å²) in [7, 11) is 0. The van der Waals surface area contributed by atoms with E-state index in [1.807, 2.05) is 0 Å². The quantitative estimate of drug-likeness (QED) is 0.258. The van der Waals surface area contributed by atoms with Gasteiger partial charge in [0.15, 0.2) is 0 Å². The van der Waals surface area contributed by atoms with E-state index in [4.69, 9.17) is 0 Å². The Hall–Kier alpha value is 0.850. The van der Waals surface area contributed by atoms with Gasteiger partial charge in [0.25, 0.3) is 0 Å². The Balaban J connectivity index is 0.742. The first kappa shape index (κ1) is 33.0. The Labute approximate surface area is 333 Å². The van der Waals surface area contributed by atoms with E-state index in [1.165, 1.54) is 37.0 Å². The second kappa shape index (κ2) is 11.7. The van der Waals surface area contributed by atoms with Gasteiger partial charge in [-0.1, -0.05) is 34.6 Å². The molecule has 3 aromatic heterocycles. The van der Waals surface area contributed by atoms with Gasteiger partial charge in [0, 0.05) is 81.8 Å². The Bertz CT molecular complexity index is 1870. The predicted octanol–water partition coefficient (Wildman–Crippen LogP) is 14.4. The van der Waals surface area contributed by atoms with Gasteiger partial charge >= 0.3 is 0 Å². The SMILES string of the molecule is Cc1cc2c(s1)C1SC(C3CC4C(C)c5cc(C6CC7C(C)c8cc(C9CC%10C(C)C%11CC(C)SC%11C%10S9)sc8C7S6)sc5C4S3)CC1C2C. The third kappa shape index (κ3) is 4.55. The van der Waals surface area contributed by atoms with Crippen molar-refractivity contribution in [1.29, 1.82) is 0 Å². The van der Waals surface area contributed by atoms with E-state index in [9.17, 15) is 0 Å². The van der Waals surface area contributed by atoms with Crippen molar-refractivity contribution in [1.82, 2.24) is 0 Å². The van der Waals surface area contributed by atoms with Crippen LogP contribution in [0.2, 0.25) is 0 Å². The average molecular weight is 811 g/mol. The molecule has 9 aliphatic rings. The van der Waals surface area contributed by atoms with Crippen molar-refractivity contribution in [3.05, 3.63) is 64.2 Å². The van der Waals surface area contributed by atoms with Crippen LogP contribution in [0.5, 0.6) is 0 Å². The molecule has 19 unspecified atom stereocenters. The van der Waals surface area contributed by atoms with Crippen LogP contribution in [0.4, 0.5) is 0 Å². The fraction of sp³-hybridized carbons (Fsp3) is 0.714. The molecule has 266 valence electrons. The molecule has 0 amide bonds. The number of hydrogen-bond donors (Lipinski definition) is 0. The molecule has 5 aliphatic heterocycles. The zero-order valence-electron chi connectivity index (χ0n) is 30.0. The third-order valence-corrected chi connectivity index (χ3v) is 29.1. The maximum atomic E-state index is 2.74. The predicted molar refractivity (Wildman–Crippen MR) is 229 cm³/mol. The van der Waals surface area contributed by atoms with Gasteiger partial charge in [0.2, 0.25) is 0 Å². The smallest absolute Gasteiger partial charge is 0.0435 e. The van der Waals surface area contributed by atoms with E-state index < -0.39 is 0 Å². The van der Waals surface area contributed by atoms with Crippen LogP contribution in [-0.4, -0.2) is 26.2 Å². The van der Waals surface area contributed by atoms with E-state index in [0.29, 0.717) is 5.25 Å². The highest BCUT2D eigenvalue weighted by Gasteiger charge is 2.58. The van der Waals surface area contributed by atoms with Crippen molar-refractivity contribution in [2.75, 3.05) is 0 Å². The van der Waals surface area contributed by atoms with Crippen molar-refractivity contribution < 1.29 is 0 Å². The van der Waals surface area contributed by atoms with Gasteiger partial charge in [0.1, 0.15) is 0 Å². The fourth-order valence-corrected chi connectivity index (χ4v) is 28.1. The highest BCUT2D eigenvalue weighted by Crippen LogP contribution is 2.72. The lowest BCUT2D eigenvalue weighted by molar-refractivity contribution is 0.326. The van der Waals surface area contributed by atoms with E-state index >= 15 is 0 Å². The van der Waals surface area contributed by atoms with Gasteiger partial charge < -0.3 is 0 Å². The maximum Gasteiger partial charge on any atom is 0.0435 e. The summed E-state index contributed by atoms with van der Waals surface area (Å²) in [5.74, 6) is 7.75.